The second-order valence-corrected chi connectivity index (χ2v) is 10.2. The van der Waals surface area contributed by atoms with E-state index in [4.69, 9.17) is 29.9 Å². The van der Waals surface area contributed by atoms with Crippen LogP contribution < -0.4 is 9.47 Å². The summed E-state index contributed by atoms with van der Waals surface area (Å²) in [5.74, 6) is 3.10. The first-order valence-electron chi connectivity index (χ1n) is 12.7. The fourth-order valence-corrected chi connectivity index (χ4v) is 5.00. The number of nitrogens with zero attached hydrogens (tertiary/aromatic N) is 3. The standard InChI is InChI=1S/C28H32ClN3O5/c1-17(2)35-26-8-7-20(13-23(26)29)19-9-11-32(12-10-19)15-21(33)16-34-24-5-4-6-25-22(24)14-27(37-25)28-31-30-18(3)36-28/h4-8,13-14,17,19,21,33H,9-12,15-16H2,1-3H3/t21-/m0/s1. The first-order valence-corrected chi connectivity index (χ1v) is 13.1. The lowest BCUT2D eigenvalue weighted by atomic mass is 9.89. The van der Waals surface area contributed by atoms with Crippen molar-refractivity contribution in [1.82, 2.24) is 15.1 Å². The lowest BCUT2D eigenvalue weighted by molar-refractivity contribution is 0.0599. The molecule has 2 aromatic carbocycles. The molecule has 1 aliphatic heterocycles. The first-order chi connectivity index (χ1) is 17.9. The van der Waals surface area contributed by atoms with Crippen LogP contribution in [0.4, 0.5) is 0 Å². The molecule has 0 aliphatic carbocycles. The van der Waals surface area contributed by atoms with Gasteiger partial charge in [-0.3, -0.25) is 0 Å². The molecule has 37 heavy (non-hydrogen) atoms. The highest BCUT2D eigenvalue weighted by molar-refractivity contribution is 6.32. The van der Waals surface area contributed by atoms with Gasteiger partial charge in [-0.2, -0.15) is 0 Å². The van der Waals surface area contributed by atoms with Crippen molar-refractivity contribution in [2.45, 2.75) is 51.7 Å². The van der Waals surface area contributed by atoms with Gasteiger partial charge in [-0.15, -0.1) is 10.2 Å². The number of benzene rings is 2. The number of likely N-dealkylation sites (tertiary alicyclic amines) is 1. The van der Waals surface area contributed by atoms with E-state index in [1.807, 2.05) is 50.2 Å². The Labute approximate surface area is 221 Å². The molecule has 0 unspecified atom stereocenters. The highest BCUT2D eigenvalue weighted by atomic mass is 35.5. The van der Waals surface area contributed by atoms with Crippen molar-refractivity contribution in [3.63, 3.8) is 0 Å². The molecule has 0 spiro atoms. The zero-order valence-electron chi connectivity index (χ0n) is 21.3. The molecular weight excluding hydrogens is 494 g/mol. The average molecular weight is 526 g/mol. The number of piperidine rings is 1. The van der Waals surface area contributed by atoms with Gasteiger partial charge in [-0.25, -0.2) is 0 Å². The van der Waals surface area contributed by atoms with Crippen molar-refractivity contribution in [2.75, 3.05) is 26.2 Å². The molecule has 0 bridgehead atoms. The van der Waals surface area contributed by atoms with Gasteiger partial charge in [0.05, 0.1) is 16.5 Å². The van der Waals surface area contributed by atoms with Gasteiger partial charge in [-0.05, 0) is 75.5 Å². The molecular formula is C28H32ClN3O5. The lowest BCUT2D eigenvalue weighted by Crippen LogP contribution is -2.40. The number of aryl methyl sites for hydroxylation is 1. The third-order valence-corrected chi connectivity index (χ3v) is 6.83. The Morgan fingerprint density at radius 3 is 2.59 bits per heavy atom. The number of aliphatic hydroxyl groups is 1. The minimum Gasteiger partial charge on any atom is -0.490 e. The highest BCUT2D eigenvalue weighted by Gasteiger charge is 2.23. The van der Waals surface area contributed by atoms with Crippen molar-refractivity contribution in [3.8, 4) is 23.1 Å². The number of β-amino-alcohol motifs (C(OH)–C–C–N with tert-alkyl or cyclic N) is 1. The van der Waals surface area contributed by atoms with Crippen LogP contribution in [0, 0.1) is 6.92 Å². The molecule has 9 heteroatoms. The van der Waals surface area contributed by atoms with E-state index in [0.29, 0.717) is 46.4 Å². The van der Waals surface area contributed by atoms with Crippen LogP contribution in [-0.4, -0.2) is 58.7 Å². The molecule has 1 N–H and O–H groups in total. The number of aliphatic hydroxyl groups excluding tert-OH is 1. The van der Waals surface area contributed by atoms with E-state index >= 15 is 0 Å². The van der Waals surface area contributed by atoms with E-state index in [1.54, 1.807) is 6.92 Å². The zero-order valence-corrected chi connectivity index (χ0v) is 22.1. The second kappa shape index (κ2) is 11.1. The summed E-state index contributed by atoms with van der Waals surface area (Å²) < 4.78 is 23.1. The molecule has 4 aromatic rings. The topological polar surface area (TPSA) is 94.0 Å². The molecule has 3 heterocycles. The SMILES string of the molecule is Cc1nnc(-c2cc3c(OC[C@@H](O)CN4CCC(c5ccc(OC(C)C)c(Cl)c5)CC4)cccc3o2)o1. The van der Waals surface area contributed by atoms with Crippen molar-refractivity contribution in [2.24, 2.45) is 0 Å². The van der Waals surface area contributed by atoms with Gasteiger partial charge >= 0.3 is 0 Å². The Morgan fingerprint density at radius 1 is 1.08 bits per heavy atom. The van der Waals surface area contributed by atoms with Crippen molar-refractivity contribution < 1.29 is 23.4 Å². The molecule has 5 rings (SSSR count). The Bertz CT molecular complexity index is 1340. The highest BCUT2D eigenvalue weighted by Crippen LogP contribution is 2.35. The maximum absolute atomic E-state index is 10.7. The summed E-state index contributed by atoms with van der Waals surface area (Å²) in [5, 5.41) is 20.0. The van der Waals surface area contributed by atoms with Crippen molar-refractivity contribution in [3.05, 3.63) is 58.9 Å². The molecule has 1 saturated heterocycles. The molecule has 2 aromatic heterocycles. The van der Waals surface area contributed by atoms with Gasteiger partial charge < -0.3 is 28.3 Å². The molecule has 1 aliphatic rings. The molecule has 1 atom stereocenters. The summed E-state index contributed by atoms with van der Waals surface area (Å²) >= 11 is 6.45. The van der Waals surface area contributed by atoms with Crippen LogP contribution in [0.5, 0.6) is 11.5 Å². The minimum atomic E-state index is -0.612. The van der Waals surface area contributed by atoms with Crippen LogP contribution in [-0.2, 0) is 0 Å². The molecule has 0 amide bonds. The summed E-state index contributed by atoms with van der Waals surface area (Å²) in [7, 11) is 0. The third-order valence-electron chi connectivity index (χ3n) is 6.54. The van der Waals surface area contributed by atoms with E-state index in [2.05, 4.69) is 21.2 Å². The van der Waals surface area contributed by atoms with Crippen molar-refractivity contribution in [1.29, 1.82) is 0 Å². The fourth-order valence-electron chi connectivity index (χ4n) is 4.77. The summed E-state index contributed by atoms with van der Waals surface area (Å²) in [6.45, 7) is 8.28. The average Bonchev–Trinajstić information content (AvgIpc) is 3.51. The van der Waals surface area contributed by atoms with Crippen LogP contribution in [0.25, 0.3) is 22.6 Å². The van der Waals surface area contributed by atoms with Gasteiger partial charge in [0.25, 0.3) is 5.89 Å². The van der Waals surface area contributed by atoms with E-state index in [1.165, 1.54) is 5.56 Å². The summed E-state index contributed by atoms with van der Waals surface area (Å²) in [4.78, 5) is 2.29. The van der Waals surface area contributed by atoms with E-state index in [-0.39, 0.29) is 12.7 Å². The molecule has 8 nitrogen and oxygen atoms in total. The third kappa shape index (κ3) is 6.09. The van der Waals surface area contributed by atoms with E-state index in [9.17, 15) is 5.11 Å². The number of fused-ring (bicyclic) bond motifs is 1. The van der Waals surface area contributed by atoms with Crippen LogP contribution in [0.15, 0.2) is 51.3 Å². The van der Waals surface area contributed by atoms with E-state index < -0.39 is 6.10 Å². The first kappa shape index (κ1) is 25.6. The number of hydrogen-bond donors (Lipinski definition) is 1. The maximum atomic E-state index is 10.7. The summed E-state index contributed by atoms with van der Waals surface area (Å²) in [6, 6.07) is 13.5. The number of hydrogen-bond acceptors (Lipinski definition) is 8. The summed E-state index contributed by atoms with van der Waals surface area (Å²) in [5.41, 5.74) is 1.90. The molecule has 0 saturated carbocycles. The summed E-state index contributed by atoms with van der Waals surface area (Å²) in [6.07, 6.45) is 1.51. The maximum Gasteiger partial charge on any atom is 0.283 e. The Kier molecular flexibility index (Phi) is 7.69. The minimum absolute atomic E-state index is 0.0907. The number of rotatable bonds is 9. The van der Waals surface area contributed by atoms with E-state index in [0.717, 1.165) is 37.1 Å². The molecule has 0 radical (unpaired) electrons. The quantitative estimate of drug-likeness (QED) is 0.291. The van der Waals surface area contributed by atoms with Crippen LogP contribution in [0.3, 0.4) is 0 Å². The number of halogens is 1. The monoisotopic (exact) mass is 525 g/mol. The number of aromatic nitrogens is 2. The van der Waals surface area contributed by atoms with Crippen LogP contribution in [0.1, 0.15) is 44.1 Å². The van der Waals surface area contributed by atoms with Gasteiger partial charge in [0.2, 0.25) is 5.89 Å². The lowest BCUT2D eigenvalue weighted by Gasteiger charge is -2.33. The smallest absolute Gasteiger partial charge is 0.283 e. The molecule has 1 fully saturated rings. The number of furan rings is 1. The predicted octanol–water partition coefficient (Wildman–Crippen LogP) is 5.85. The second-order valence-electron chi connectivity index (χ2n) is 9.80. The predicted molar refractivity (Wildman–Crippen MR) is 141 cm³/mol. The Balaban J connectivity index is 1.13. The van der Waals surface area contributed by atoms with Gasteiger partial charge in [0.15, 0.2) is 5.76 Å². The fraction of sp³-hybridized carbons (Fsp3) is 0.429. The Morgan fingerprint density at radius 2 is 1.89 bits per heavy atom. The normalized spacial score (nSPS) is 15.9. The Hall–Kier alpha value is -3.07. The van der Waals surface area contributed by atoms with Crippen molar-refractivity contribution >= 4 is 22.6 Å². The van der Waals surface area contributed by atoms with Gasteiger partial charge in [0.1, 0.15) is 29.8 Å². The van der Waals surface area contributed by atoms with Gasteiger partial charge in [-0.1, -0.05) is 23.7 Å². The largest absolute Gasteiger partial charge is 0.490 e. The van der Waals surface area contributed by atoms with Crippen LogP contribution >= 0.6 is 11.6 Å². The number of ether oxygens (including phenoxy) is 2. The zero-order chi connectivity index (χ0) is 25.9. The van der Waals surface area contributed by atoms with Crippen LogP contribution in [0.2, 0.25) is 5.02 Å². The van der Waals surface area contributed by atoms with Gasteiger partial charge in [0, 0.05) is 19.5 Å². The molecule has 196 valence electrons.